The largest absolute Gasteiger partial charge is 0.392 e. The molecule has 1 aromatic carbocycles. The Labute approximate surface area is 130 Å². The minimum absolute atomic E-state index is 0.137. The van der Waals surface area contributed by atoms with Gasteiger partial charge in [-0.05, 0) is 36.8 Å². The van der Waals surface area contributed by atoms with Gasteiger partial charge in [-0.25, -0.2) is 0 Å². The highest BCUT2D eigenvalue weighted by Crippen LogP contribution is 2.35. The molecule has 0 radical (unpaired) electrons. The molecule has 1 nitrogen and oxygen atoms in total. The molecular weight excluding hydrogens is 256 g/mol. The number of aliphatic hydroxyl groups is 1. The van der Waals surface area contributed by atoms with Crippen LogP contribution in [0.4, 0.5) is 0 Å². The molecule has 21 heavy (non-hydrogen) atoms. The summed E-state index contributed by atoms with van der Waals surface area (Å²) in [7, 11) is 0. The minimum Gasteiger partial charge on any atom is -0.392 e. The van der Waals surface area contributed by atoms with Crippen LogP contribution in [0.3, 0.4) is 0 Å². The fourth-order valence-electron chi connectivity index (χ4n) is 3.70. The molecule has 0 aliphatic heterocycles. The van der Waals surface area contributed by atoms with E-state index in [0.29, 0.717) is 5.92 Å². The number of fused-ring (bicyclic) bond motifs is 1. The smallest absolute Gasteiger partial charge is 0.0608 e. The second-order valence-electron chi connectivity index (χ2n) is 6.67. The Morgan fingerprint density at radius 2 is 1.76 bits per heavy atom. The fourth-order valence-corrected chi connectivity index (χ4v) is 3.70. The third kappa shape index (κ3) is 5.14. The molecule has 1 aromatic rings. The summed E-state index contributed by atoms with van der Waals surface area (Å²) in [5.41, 5.74) is 2.88. The van der Waals surface area contributed by atoms with Crippen molar-refractivity contribution < 1.29 is 5.11 Å². The van der Waals surface area contributed by atoms with Gasteiger partial charge < -0.3 is 5.11 Å². The van der Waals surface area contributed by atoms with E-state index in [0.717, 1.165) is 12.8 Å². The number of benzene rings is 1. The van der Waals surface area contributed by atoms with Crippen LogP contribution in [-0.4, -0.2) is 11.2 Å². The Hall–Kier alpha value is -0.820. The molecule has 1 heteroatoms. The normalized spacial score (nSPS) is 19.2. The molecule has 0 saturated heterocycles. The van der Waals surface area contributed by atoms with Crippen molar-refractivity contribution in [2.75, 3.05) is 0 Å². The summed E-state index contributed by atoms with van der Waals surface area (Å²) in [6.07, 6.45) is 13.7. The Balaban J connectivity index is 1.71. The average molecular weight is 288 g/mol. The van der Waals surface area contributed by atoms with Crippen LogP contribution in [0.15, 0.2) is 24.3 Å². The first kappa shape index (κ1) is 16.5. The number of hydrogen-bond acceptors (Lipinski definition) is 1. The molecule has 2 atom stereocenters. The van der Waals surface area contributed by atoms with Gasteiger partial charge in [0, 0.05) is 5.92 Å². The van der Waals surface area contributed by atoms with Crippen molar-refractivity contribution in [1.82, 2.24) is 0 Å². The zero-order valence-corrected chi connectivity index (χ0v) is 13.7. The number of aliphatic hydroxyl groups excluding tert-OH is 1. The van der Waals surface area contributed by atoms with Crippen molar-refractivity contribution in [1.29, 1.82) is 0 Å². The van der Waals surface area contributed by atoms with E-state index in [-0.39, 0.29) is 6.10 Å². The van der Waals surface area contributed by atoms with Crippen LogP contribution in [0, 0.1) is 0 Å². The lowest BCUT2D eigenvalue weighted by atomic mass is 9.78. The van der Waals surface area contributed by atoms with Gasteiger partial charge in [-0.15, -0.1) is 0 Å². The van der Waals surface area contributed by atoms with Crippen molar-refractivity contribution in [2.24, 2.45) is 0 Å². The fraction of sp³-hybridized carbons (Fsp3) is 0.700. The topological polar surface area (TPSA) is 20.2 Å². The molecule has 0 fully saturated rings. The summed E-state index contributed by atoms with van der Waals surface area (Å²) in [4.78, 5) is 0. The third-order valence-electron chi connectivity index (χ3n) is 4.98. The summed E-state index contributed by atoms with van der Waals surface area (Å²) in [5.74, 6) is 0.384. The molecule has 118 valence electrons. The zero-order valence-electron chi connectivity index (χ0n) is 13.7. The van der Waals surface area contributed by atoms with E-state index in [1.165, 1.54) is 68.9 Å². The van der Waals surface area contributed by atoms with E-state index in [1.807, 2.05) is 0 Å². The summed E-state index contributed by atoms with van der Waals surface area (Å²) >= 11 is 0. The number of rotatable bonds is 9. The first-order valence-corrected chi connectivity index (χ1v) is 9.08. The van der Waals surface area contributed by atoms with E-state index in [2.05, 4.69) is 31.2 Å². The van der Waals surface area contributed by atoms with E-state index in [9.17, 15) is 5.11 Å². The van der Waals surface area contributed by atoms with Gasteiger partial charge >= 0.3 is 0 Å². The molecule has 0 saturated carbocycles. The van der Waals surface area contributed by atoms with Crippen LogP contribution in [0.1, 0.15) is 88.2 Å². The predicted octanol–water partition coefficient (Wildman–Crippen LogP) is 5.61. The van der Waals surface area contributed by atoms with Gasteiger partial charge in [-0.1, -0.05) is 76.1 Å². The molecule has 2 unspecified atom stereocenters. The van der Waals surface area contributed by atoms with Crippen LogP contribution < -0.4 is 0 Å². The van der Waals surface area contributed by atoms with Gasteiger partial charge in [-0.3, -0.25) is 0 Å². The van der Waals surface area contributed by atoms with Gasteiger partial charge in [0.25, 0.3) is 0 Å². The zero-order chi connectivity index (χ0) is 14.9. The summed E-state index contributed by atoms with van der Waals surface area (Å²) in [6, 6.07) is 8.72. The first-order valence-electron chi connectivity index (χ1n) is 9.08. The standard InChI is InChI=1S/C20H32O/c1-2-3-4-5-6-7-8-16-20(21)19-15-11-13-17-12-9-10-14-18(17)19/h9-10,12,14,19-21H,2-8,11,13,15-16H2,1H3. The maximum atomic E-state index is 10.6. The van der Waals surface area contributed by atoms with Crippen molar-refractivity contribution in [3.05, 3.63) is 35.4 Å². The summed E-state index contributed by atoms with van der Waals surface area (Å²) < 4.78 is 0. The third-order valence-corrected chi connectivity index (χ3v) is 4.98. The molecule has 1 aliphatic rings. The van der Waals surface area contributed by atoms with Crippen LogP contribution in [0.5, 0.6) is 0 Å². The van der Waals surface area contributed by atoms with Crippen molar-refractivity contribution in [3.63, 3.8) is 0 Å². The lowest BCUT2D eigenvalue weighted by Gasteiger charge is -2.29. The van der Waals surface area contributed by atoms with Crippen molar-refractivity contribution in [2.45, 2.75) is 89.6 Å². The van der Waals surface area contributed by atoms with Gasteiger partial charge in [0.2, 0.25) is 0 Å². The minimum atomic E-state index is -0.137. The molecule has 2 rings (SSSR count). The van der Waals surface area contributed by atoms with Crippen LogP contribution in [-0.2, 0) is 6.42 Å². The van der Waals surface area contributed by atoms with Crippen LogP contribution >= 0.6 is 0 Å². The Kier molecular flexibility index (Phi) is 7.29. The highest BCUT2D eigenvalue weighted by atomic mass is 16.3. The average Bonchev–Trinajstić information content (AvgIpc) is 2.53. The number of unbranched alkanes of at least 4 members (excludes halogenated alkanes) is 6. The highest BCUT2D eigenvalue weighted by Gasteiger charge is 2.25. The van der Waals surface area contributed by atoms with Crippen LogP contribution in [0.2, 0.25) is 0 Å². The maximum absolute atomic E-state index is 10.6. The molecule has 0 bridgehead atoms. The first-order chi connectivity index (χ1) is 10.3. The second kappa shape index (κ2) is 9.25. The molecular formula is C20H32O. The molecule has 0 amide bonds. The van der Waals surface area contributed by atoms with Crippen molar-refractivity contribution >= 4 is 0 Å². The Morgan fingerprint density at radius 3 is 2.57 bits per heavy atom. The maximum Gasteiger partial charge on any atom is 0.0608 e. The number of hydrogen-bond donors (Lipinski definition) is 1. The lowest BCUT2D eigenvalue weighted by molar-refractivity contribution is 0.122. The second-order valence-corrected chi connectivity index (χ2v) is 6.67. The van der Waals surface area contributed by atoms with E-state index >= 15 is 0 Å². The SMILES string of the molecule is CCCCCCCCCC(O)C1CCCc2ccccc21. The molecule has 1 aliphatic carbocycles. The van der Waals surface area contributed by atoms with E-state index in [4.69, 9.17) is 0 Å². The highest BCUT2D eigenvalue weighted by molar-refractivity contribution is 5.33. The monoisotopic (exact) mass is 288 g/mol. The molecule has 0 spiro atoms. The van der Waals surface area contributed by atoms with Crippen LogP contribution in [0.25, 0.3) is 0 Å². The van der Waals surface area contributed by atoms with Gasteiger partial charge in [0.15, 0.2) is 0 Å². The van der Waals surface area contributed by atoms with E-state index in [1.54, 1.807) is 0 Å². The van der Waals surface area contributed by atoms with Gasteiger partial charge in [0.05, 0.1) is 6.10 Å². The lowest BCUT2D eigenvalue weighted by Crippen LogP contribution is -2.22. The Bertz CT molecular complexity index is 399. The molecule has 0 heterocycles. The quantitative estimate of drug-likeness (QED) is 0.586. The van der Waals surface area contributed by atoms with Crippen molar-refractivity contribution in [3.8, 4) is 0 Å². The molecule has 0 aromatic heterocycles. The summed E-state index contributed by atoms with van der Waals surface area (Å²) in [6.45, 7) is 2.26. The van der Waals surface area contributed by atoms with Gasteiger partial charge in [0.1, 0.15) is 0 Å². The number of aryl methyl sites for hydroxylation is 1. The van der Waals surface area contributed by atoms with Gasteiger partial charge in [-0.2, -0.15) is 0 Å². The Morgan fingerprint density at radius 1 is 1.05 bits per heavy atom. The molecule has 1 N–H and O–H groups in total. The predicted molar refractivity (Wildman–Crippen MR) is 90.7 cm³/mol. The summed E-state index contributed by atoms with van der Waals surface area (Å²) in [5, 5.41) is 10.6. The van der Waals surface area contributed by atoms with E-state index < -0.39 is 0 Å².